The molecule has 0 spiro atoms. The maximum absolute atomic E-state index is 4.47. The van der Waals surface area contributed by atoms with Crippen LogP contribution < -0.4 is 5.32 Å². The first-order chi connectivity index (χ1) is 7.68. The second-order valence-corrected chi connectivity index (χ2v) is 6.39. The van der Waals surface area contributed by atoms with E-state index in [0.29, 0.717) is 5.41 Å². The van der Waals surface area contributed by atoms with Gasteiger partial charge in [0, 0.05) is 18.5 Å². The first-order valence-electron chi connectivity index (χ1n) is 6.30. The van der Waals surface area contributed by atoms with Crippen LogP contribution in [0.2, 0.25) is 0 Å². The number of nitrogens with zero attached hydrogens (tertiary/aromatic N) is 1. The molecule has 0 aromatic carbocycles. The largest absolute Gasteiger partial charge is 0.311 e. The molecule has 1 fully saturated rings. The minimum absolute atomic E-state index is 0.531. The lowest BCUT2D eigenvalue weighted by Crippen LogP contribution is -2.33. The Hall–Kier alpha value is -0.410. The minimum atomic E-state index is 0.531. The molecule has 2 nitrogen and oxygen atoms in total. The number of rotatable bonds is 4. The van der Waals surface area contributed by atoms with Crippen LogP contribution in [0.3, 0.4) is 0 Å². The van der Waals surface area contributed by atoms with Crippen molar-refractivity contribution in [2.75, 3.05) is 6.54 Å². The summed E-state index contributed by atoms with van der Waals surface area (Å²) in [5, 5.41) is 6.89. The van der Waals surface area contributed by atoms with Crippen molar-refractivity contribution in [2.24, 2.45) is 5.41 Å². The van der Waals surface area contributed by atoms with Crippen molar-refractivity contribution in [2.45, 2.75) is 52.5 Å². The Bertz CT molecular complexity index is 326. The Balaban J connectivity index is 1.74. The monoisotopic (exact) mass is 238 g/mol. The van der Waals surface area contributed by atoms with Gasteiger partial charge in [0.1, 0.15) is 0 Å². The van der Waals surface area contributed by atoms with Crippen molar-refractivity contribution in [1.29, 1.82) is 0 Å². The summed E-state index contributed by atoms with van der Waals surface area (Å²) in [5.41, 5.74) is 1.73. The highest BCUT2D eigenvalue weighted by Crippen LogP contribution is 2.34. The maximum Gasteiger partial charge on any atom is 0.0897 e. The normalized spacial score (nSPS) is 19.9. The van der Waals surface area contributed by atoms with E-state index >= 15 is 0 Å². The molecule has 16 heavy (non-hydrogen) atoms. The summed E-state index contributed by atoms with van der Waals surface area (Å²) in [5.74, 6) is 0. The van der Waals surface area contributed by atoms with E-state index in [2.05, 4.69) is 29.5 Å². The molecule has 1 aromatic heterocycles. The zero-order chi connectivity index (χ0) is 11.4. The van der Waals surface area contributed by atoms with Gasteiger partial charge in [-0.25, -0.2) is 4.98 Å². The molecule has 1 aliphatic rings. The second-order valence-electron chi connectivity index (χ2n) is 5.33. The van der Waals surface area contributed by atoms with Crippen molar-refractivity contribution in [3.05, 3.63) is 16.1 Å². The molecule has 0 saturated heterocycles. The molecule has 2 rings (SSSR count). The predicted molar refractivity (Wildman–Crippen MR) is 69.7 cm³/mol. The van der Waals surface area contributed by atoms with Crippen molar-refractivity contribution >= 4 is 11.3 Å². The van der Waals surface area contributed by atoms with Crippen LogP contribution in [0.5, 0.6) is 0 Å². The molecule has 0 atom stereocenters. The first kappa shape index (κ1) is 12.1. The average Bonchev–Trinajstić information content (AvgIpc) is 2.65. The van der Waals surface area contributed by atoms with Gasteiger partial charge in [-0.05, 0) is 25.2 Å². The van der Waals surface area contributed by atoms with Crippen molar-refractivity contribution in [3.63, 3.8) is 0 Å². The van der Waals surface area contributed by atoms with E-state index in [-0.39, 0.29) is 0 Å². The lowest BCUT2D eigenvalue weighted by atomic mass is 9.76. The zero-order valence-electron chi connectivity index (χ0n) is 10.4. The van der Waals surface area contributed by atoms with Crippen LogP contribution in [0.25, 0.3) is 0 Å². The van der Waals surface area contributed by atoms with Gasteiger partial charge in [-0.1, -0.05) is 26.2 Å². The molecular formula is C13H22N2S. The molecule has 1 heterocycles. The Morgan fingerprint density at radius 1 is 1.38 bits per heavy atom. The first-order valence-corrected chi connectivity index (χ1v) is 7.18. The Morgan fingerprint density at radius 2 is 2.12 bits per heavy atom. The molecule has 3 heteroatoms. The summed E-state index contributed by atoms with van der Waals surface area (Å²) in [4.78, 5) is 4.47. The SMILES string of the molecule is Cc1nc(CNCC2(C)CCCCC2)cs1. The average molecular weight is 238 g/mol. The Morgan fingerprint density at radius 3 is 2.75 bits per heavy atom. The topological polar surface area (TPSA) is 24.9 Å². The van der Waals surface area contributed by atoms with Gasteiger partial charge in [-0.2, -0.15) is 0 Å². The molecular weight excluding hydrogens is 216 g/mol. The lowest BCUT2D eigenvalue weighted by molar-refractivity contribution is 0.207. The van der Waals surface area contributed by atoms with Crippen molar-refractivity contribution < 1.29 is 0 Å². The van der Waals surface area contributed by atoms with Gasteiger partial charge in [-0.15, -0.1) is 11.3 Å². The van der Waals surface area contributed by atoms with Crippen LogP contribution in [0, 0.1) is 12.3 Å². The molecule has 1 saturated carbocycles. The number of hydrogen-bond donors (Lipinski definition) is 1. The molecule has 0 bridgehead atoms. The van der Waals surface area contributed by atoms with Crippen molar-refractivity contribution in [3.8, 4) is 0 Å². The minimum Gasteiger partial charge on any atom is -0.311 e. The molecule has 0 aliphatic heterocycles. The summed E-state index contributed by atoms with van der Waals surface area (Å²) < 4.78 is 0. The highest BCUT2D eigenvalue weighted by Gasteiger charge is 2.25. The molecule has 1 aromatic rings. The summed E-state index contributed by atoms with van der Waals surface area (Å²) >= 11 is 1.74. The summed E-state index contributed by atoms with van der Waals surface area (Å²) in [6, 6.07) is 0. The van der Waals surface area contributed by atoms with Gasteiger partial charge in [0.15, 0.2) is 0 Å². The molecule has 0 radical (unpaired) electrons. The molecule has 0 amide bonds. The van der Waals surface area contributed by atoms with Crippen LogP contribution in [-0.4, -0.2) is 11.5 Å². The van der Waals surface area contributed by atoms with Gasteiger partial charge >= 0.3 is 0 Å². The Kier molecular flexibility index (Phi) is 3.98. The van der Waals surface area contributed by atoms with Crippen molar-refractivity contribution in [1.82, 2.24) is 10.3 Å². The highest BCUT2D eigenvalue weighted by atomic mass is 32.1. The second kappa shape index (κ2) is 5.28. The third-order valence-corrected chi connectivity index (χ3v) is 4.41. The third-order valence-electron chi connectivity index (χ3n) is 3.59. The van der Waals surface area contributed by atoms with E-state index in [1.807, 2.05) is 0 Å². The third kappa shape index (κ3) is 3.29. The maximum atomic E-state index is 4.47. The molecule has 1 N–H and O–H groups in total. The molecule has 90 valence electrons. The van der Waals surface area contributed by atoms with Gasteiger partial charge < -0.3 is 5.32 Å². The fourth-order valence-corrected chi connectivity index (χ4v) is 3.18. The molecule has 1 aliphatic carbocycles. The fraction of sp³-hybridized carbons (Fsp3) is 0.769. The predicted octanol–water partition coefficient (Wildman–Crippen LogP) is 3.51. The van der Waals surface area contributed by atoms with Crippen LogP contribution in [0.4, 0.5) is 0 Å². The van der Waals surface area contributed by atoms with E-state index in [1.54, 1.807) is 11.3 Å². The quantitative estimate of drug-likeness (QED) is 0.868. The summed E-state index contributed by atoms with van der Waals surface area (Å²) in [7, 11) is 0. The van der Waals surface area contributed by atoms with E-state index in [9.17, 15) is 0 Å². The number of nitrogens with one attached hydrogen (secondary N) is 1. The van der Waals surface area contributed by atoms with Crippen LogP contribution >= 0.6 is 11.3 Å². The van der Waals surface area contributed by atoms with Gasteiger partial charge in [0.2, 0.25) is 0 Å². The van der Waals surface area contributed by atoms with E-state index < -0.39 is 0 Å². The van der Waals surface area contributed by atoms with E-state index in [1.165, 1.54) is 42.8 Å². The van der Waals surface area contributed by atoms with Crippen LogP contribution in [-0.2, 0) is 6.54 Å². The summed E-state index contributed by atoms with van der Waals surface area (Å²) in [6.07, 6.45) is 7.02. The smallest absolute Gasteiger partial charge is 0.0897 e. The van der Waals surface area contributed by atoms with Gasteiger partial charge in [-0.3, -0.25) is 0 Å². The van der Waals surface area contributed by atoms with Gasteiger partial charge in [0.05, 0.1) is 10.7 Å². The van der Waals surface area contributed by atoms with E-state index in [0.717, 1.165) is 13.1 Å². The van der Waals surface area contributed by atoms with Gasteiger partial charge in [0.25, 0.3) is 0 Å². The van der Waals surface area contributed by atoms with Crippen LogP contribution in [0.15, 0.2) is 5.38 Å². The number of thiazole rings is 1. The number of hydrogen-bond acceptors (Lipinski definition) is 3. The lowest BCUT2D eigenvalue weighted by Gasteiger charge is -2.33. The highest BCUT2D eigenvalue weighted by molar-refractivity contribution is 7.09. The zero-order valence-corrected chi connectivity index (χ0v) is 11.2. The number of aryl methyl sites for hydroxylation is 1. The molecule has 0 unspecified atom stereocenters. The summed E-state index contributed by atoms with van der Waals surface area (Å²) in [6.45, 7) is 6.56. The Labute approximate surface area is 102 Å². The van der Waals surface area contributed by atoms with E-state index in [4.69, 9.17) is 0 Å². The standard InChI is InChI=1S/C13H22N2S/c1-11-15-12(9-16-11)8-14-10-13(2)6-4-3-5-7-13/h9,14H,3-8,10H2,1-2H3. The fourth-order valence-electron chi connectivity index (χ4n) is 2.56. The van der Waals surface area contributed by atoms with Crippen LogP contribution in [0.1, 0.15) is 49.7 Å². The number of aromatic nitrogens is 1.